The average molecular weight is 475 g/mol. The second kappa shape index (κ2) is 11.4. The van der Waals surface area contributed by atoms with Crippen molar-refractivity contribution in [2.24, 2.45) is 0 Å². The first-order valence-electron chi connectivity index (χ1n) is 11.7. The molecule has 2 nitrogen and oxygen atoms in total. The zero-order valence-corrected chi connectivity index (χ0v) is 19.5. The van der Waals surface area contributed by atoms with Crippen LogP contribution in [0.2, 0.25) is 0 Å². The fourth-order valence-electron chi connectivity index (χ4n) is 3.59. The molecule has 3 aromatic rings. The van der Waals surface area contributed by atoms with Gasteiger partial charge in [0.15, 0.2) is 0 Å². The Morgan fingerprint density at radius 3 is 1.32 bits per heavy atom. The number of ether oxygens (including phenoxy) is 2. The van der Waals surface area contributed by atoms with E-state index in [-0.39, 0.29) is 11.5 Å². The highest BCUT2D eigenvalue weighted by atomic mass is 19.3. The van der Waals surface area contributed by atoms with Crippen molar-refractivity contribution in [1.29, 1.82) is 0 Å². The molecule has 0 bridgehead atoms. The van der Waals surface area contributed by atoms with E-state index < -0.39 is 23.3 Å². The predicted molar refractivity (Wildman–Crippen MR) is 126 cm³/mol. The van der Waals surface area contributed by atoms with Crippen molar-refractivity contribution in [1.82, 2.24) is 0 Å². The number of benzene rings is 3. The van der Waals surface area contributed by atoms with Crippen LogP contribution in [0, 0.1) is 0 Å². The van der Waals surface area contributed by atoms with Gasteiger partial charge in [-0.3, -0.25) is 0 Å². The van der Waals surface area contributed by atoms with Crippen molar-refractivity contribution in [2.75, 3.05) is 0 Å². The Kier molecular flexibility index (Phi) is 8.59. The maximum atomic E-state index is 14.6. The molecule has 0 aliphatic rings. The van der Waals surface area contributed by atoms with Gasteiger partial charge in [-0.2, -0.15) is 17.6 Å². The molecule has 182 valence electrons. The monoisotopic (exact) mass is 474 g/mol. The minimum Gasteiger partial charge on any atom is -0.429 e. The van der Waals surface area contributed by atoms with Gasteiger partial charge in [-0.15, -0.1) is 0 Å². The molecular weight excluding hydrogens is 444 g/mol. The maximum absolute atomic E-state index is 14.6. The Bertz CT molecular complexity index is 1010. The van der Waals surface area contributed by atoms with Crippen LogP contribution >= 0.6 is 0 Å². The highest BCUT2D eigenvalue weighted by molar-refractivity contribution is 5.32. The maximum Gasteiger partial charge on any atom is 0.426 e. The summed E-state index contributed by atoms with van der Waals surface area (Å²) < 4.78 is 68.1. The number of hydrogen-bond acceptors (Lipinski definition) is 2. The van der Waals surface area contributed by atoms with E-state index in [0.29, 0.717) is 0 Å². The molecule has 3 aromatic carbocycles. The number of halogens is 4. The number of aryl methyl sites for hydroxylation is 2. The van der Waals surface area contributed by atoms with Gasteiger partial charge in [-0.05, 0) is 78.9 Å². The number of hydrogen-bond donors (Lipinski definition) is 0. The lowest BCUT2D eigenvalue weighted by Gasteiger charge is -2.21. The molecule has 0 heterocycles. The largest absolute Gasteiger partial charge is 0.429 e. The summed E-state index contributed by atoms with van der Waals surface area (Å²) in [6.45, 7) is 4.15. The summed E-state index contributed by atoms with van der Waals surface area (Å²) in [5, 5.41) is 0. The number of alkyl halides is 4. The van der Waals surface area contributed by atoms with Gasteiger partial charge in [0, 0.05) is 0 Å². The molecule has 0 aliphatic heterocycles. The summed E-state index contributed by atoms with van der Waals surface area (Å²) in [7, 11) is 0. The fourth-order valence-corrected chi connectivity index (χ4v) is 3.59. The third-order valence-electron chi connectivity index (χ3n) is 5.50. The lowest BCUT2D eigenvalue weighted by molar-refractivity contribution is -0.188. The Balaban J connectivity index is 1.64. The van der Waals surface area contributed by atoms with Crippen molar-refractivity contribution in [3.05, 3.63) is 95.1 Å². The van der Waals surface area contributed by atoms with E-state index in [2.05, 4.69) is 6.92 Å². The SMILES string of the molecule is CCCCCc1ccc(OC(F)(F)c2ccc(C(F)(F)Oc3ccc(CCC)cc3)cc2)cc1. The molecule has 0 saturated heterocycles. The van der Waals surface area contributed by atoms with E-state index in [0.717, 1.165) is 73.9 Å². The zero-order valence-electron chi connectivity index (χ0n) is 19.5. The van der Waals surface area contributed by atoms with E-state index in [9.17, 15) is 17.6 Å². The van der Waals surface area contributed by atoms with Gasteiger partial charge in [0.1, 0.15) is 11.5 Å². The molecule has 0 aliphatic carbocycles. The fraction of sp³-hybridized carbons (Fsp3) is 0.357. The van der Waals surface area contributed by atoms with Gasteiger partial charge in [-0.25, -0.2) is 0 Å². The van der Waals surface area contributed by atoms with E-state index >= 15 is 0 Å². The van der Waals surface area contributed by atoms with Crippen LogP contribution in [-0.4, -0.2) is 0 Å². The van der Waals surface area contributed by atoms with Gasteiger partial charge in [0.25, 0.3) is 0 Å². The molecule has 3 rings (SSSR count). The van der Waals surface area contributed by atoms with E-state index in [4.69, 9.17) is 9.47 Å². The van der Waals surface area contributed by atoms with Crippen molar-refractivity contribution in [2.45, 2.75) is 64.6 Å². The standard InChI is InChI=1S/C28H30F4O2/c1-3-5-6-8-22-11-19-26(20-12-22)34-28(31,32)24-15-13-23(14-16-24)27(29,30)33-25-17-9-21(7-4-2)10-18-25/h9-20H,3-8H2,1-2H3. The molecule has 0 fully saturated rings. The van der Waals surface area contributed by atoms with Crippen LogP contribution in [0.15, 0.2) is 72.8 Å². The molecule has 0 aromatic heterocycles. The van der Waals surface area contributed by atoms with Crippen LogP contribution in [0.4, 0.5) is 17.6 Å². The third kappa shape index (κ3) is 6.99. The average Bonchev–Trinajstić information content (AvgIpc) is 2.81. The summed E-state index contributed by atoms with van der Waals surface area (Å²) in [4.78, 5) is 0. The molecule has 0 amide bonds. The van der Waals surface area contributed by atoms with E-state index in [1.54, 1.807) is 24.3 Å². The second-order valence-electron chi connectivity index (χ2n) is 8.31. The van der Waals surface area contributed by atoms with Gasteiger partial charge < -0.3 is 9.47 Å². The van der Waals surface area contributed by atoms with Crippen LogP contribution in [0.5, 0.6) is 11.5 Å². The highest BCUT2D eigenvalue weighted by Crippen LogP contribution is 2.35. The first-order valence-corrected chi connectivity index (χ1v) is 11.7. The van der Waals surface area contributed by atoms with Gasteiger partial charge in [0.05, 0.1) is 11.1 Å². The lowest BCUT2D eigenvalue weighted by atomic mass is 10.1. The summed E-state index contributed by atoms with van der Waals surface area (Å²) in [5.41, 5.74) is 1.02. The molecule has 0 radical (unpaired) electrons. The van der Waals surface area contributed by atoms with Gasteiger partial charge >= 0.3 is 12.2 Å². The minimum atomic E-state index is -3.67. The summed E-state index contributed by atoms with van der Waals surface area (Å²) in [5.74, 6) is 0.00855. The highest BCUT2D eigenvalue weighted by Gasteiger charge is 2.38. The van der Waals surface area contributed by atoms with Crippen LogP contribution in [-0.2, 0) is 25.1 Å². The first-order chi connectivity index (χ1) is 16.2. The molecule has 34 heavy (non-hydrogen) atoms. The predicted octanol–water partition coefficient (Wildman–Crippen LogP) is 8.63. The topological polar surface area (TPSA) is 18.5 Å². The lowest BCUT2D eigenvalue weighted by Crippen LogP contribution is -2.24. The molecule has 0 unspecified atom stereocenters. The van der Waals surface area contributed by atoms with Crippen molar-refractivity contribution in [3.8, 4) is 11.5 Å². The molecule has 6 heteroatoms. The van der Waals surface area contributed by atoms with Crippen LogP contribution in [0.1, 0.15) is 61.8 Å². The van der Waals surface area contributed by atoms with Crippen molar-refractivity contribution >= 4 is 0 Å². The summed E-state index contributed by atoms with van der Waals surface area (Å²) >= 11 is 0. The van der Waals surface area contributed by atoms with E-state index in [1.807, 2.05) is 6.92 Å². The van der Waals surface area contributed by atoms with Gasteiger partial charge in [0.2, 0.25) is 0 Å². The molecule has 0 atom stereocenters. The molecular formula is C28H30F4O2. The minimum absolute atomic E-state index is 0.000679. The quantitative estimate of drug-likeness (QED) is 0.193. The third-order valence-corrected chi connectivity index (χ3v) is 5.50. The first kappa shape index (κ1) is 25.6. The summed E-state index contributed by atoms with van der Waals surface area (Å²) in [6.07, 6.45) is -1.41. The van der Waals surface area contributed by atoms with Gasteiger partial charge in [-0.1, -0.05) is 57.4 Å². The van der Waals surface area contributed by atoms with Crippen LogP contribution < -0.4 is 9.47 Å². The molecule has 0 N–H and O–H groups in total. The normalized spacial score (nSPS) is 11.9. The molecule has 0 saturated carbocycles. The smallest absolute Gasteiger partial charge is 0.426 e. The van der Waals surface area contributed by atoms with E-state index in [1.165, 1.54) is 24.3 Å². The Morgan fingerprint density at radius 1 is 0.529 bits per heavy atom. The Hall–Kier alpha value is -3.02. The van der Waals surface area contributed by atoms with Crippen LogP contribution in [0.25, 0.3) is 0 Å². The Morgan fingerprint density at radius 2 is 0.941 bits per heavy atom. The molecule has 0 spiro atoms. The van der Waals surface area contributed by atoms with Crippen molar-refractivity contribution < 1.29 is 27.0 Å². The summed E-state index contributed by atoms with van der Waals surface area (Å²) in [6, 6.07) is 16.6. The number of unbranched alkanes of at least 4 members (excludes halogenated alkanes) is 2. The van der Waals surface area contributed by atoms with Crippen molar-refractivity contribution in [3.63, 3.8) is 0 Å². The second-order valence-corrected chi connectivity index (χ2v) is 8.31. The van der Waals surface area contributed by atoms with Crippen LogP contribution in [0.3, 0.4) is 0 Å². The zero-order chi connectivity index (χ0) is 24.6. The Labute approximate surface area is 198 Å². The number of rotatable bonds is 12.